The van der Waals surface area contributed by atoms with Gasteiger partial charge < -0.3 is 15.4 Å². The van der Waals surface area contributed by atoms with E-state index in [0.717, 1.165) is 17.7 Å². The van der Waals surface area contributed by atoms with E-state index in [0.29, 0.717) is 42.3 Å². The second-order valence-electron chi connectivity index (χ2n) is 7.05. The molecule has 0 spiro atoms. The van der Waals surface area contributed by atoms with Crippen molar-refractivity contribution in [1.29, 1.82) is 0 Å². The van der Waals surface area contributed by atoms with E-state index in [1.165, 1.54) is 6.20 Å². The van der Waals surface area contributed by atoms with Gasteiger partial charge in [-0.15, -0.1) is 11.3 Å². The Labute approximate surface area is 172 Å². The highest BCUT2D eigenvalue weighted by atomic mass is 32.1. The molecule has 1 saturated heterocycles. The largest absolute Gasteiger partial charge is 0.488 e. The van der Waals surface area contributed by atoms with E-state index in [9.17, 15) is 9.59 Å². The highest BCUT2D eigenvalue weighted by Crippen LogP contribution is 2.29. The predicted octanol–water partition coefficient (Wildman–Crippen LogP) is 3.17. The number of benzene rings is 1. The molecule has 0 saturated carbocycles. The van der Waals surface area contributed by atoms with E-state index in [1.54, 1.807) is 23.5 Å². The summed E-state index contributed by atoms with van der Waals surface area (Å²) in [6.45, 7) is 1.67. The molecule has 150 valence electrons. The van der Waals surface area contributed by atoms with Gasteiger partial charge in [0.2, 0.25) is 0 Å². The molecule has 1 aliphatic rings. The molecule has 1 aromatic carbocycles. The van der Waals surface area contributed by atoms with Crippen molar-refractivity contribution in [2.75, 3.05) is 13.1 Å². The Balaban J connectivity index is 1.45. The van der Waals surface area contributed by atoms with Gasteiger partial charge in [0.05, 0.1) is 17.5 Å². The number of carbonyl (C=O) groups excluding carboxylic acids is 2. The monoisotopic (exact) mass is 410 g/mol. The number of nitrogens with zero attached hydrogens (tertiary/aromatic N) is 2. The maximum Gasteiger partial charge on any atom is 0.254 e. The van der Waals surface area contributed by atoms with Crippen molar-refractivity contribution in [3.05, 3.63) is 69.7 Å². The molecule has 29 heavy (non-hydrogen) atoms. The van der Waals surface area contributed by atoms with Gasteiger partial charge in [0.25, 0.3) is 11.8 Å². The molecule has 2 aromatic heterocycles. The molecule has 7 nitrogen and oxygen atoms in total. The predicted molar refractivity (Wildman–Crippen MR) is 110 cm³/mol. The van der Waals surface area contributed by atoms with Crippen LogP contribution in [0.5, 0.6) is 5.75 Å². The van der Waals surface area contributed by atoms with E-state index < -0.39 is 5.91 Å². The van der Waals surface area contributed by atoms with Crippen molar-refractivity contribution in [3.63, 3.8) is 0 Å². The van der Waals surface area contributed by atoms with Crippen LogP contribution in [-0.4, -0.2) is 40.0 Å². The fourth-order valence-electron chi connectivity index (χ4n) is 3.65. The van der Waals surface area contributed by atoms with Crippen molar-refractivity contribution in [2.45, 2.75) is 25.4 Å². The zero-order valence-electron chi connectivity index (χ0n) is 15.8. The molecule has 1 fully saturated rings. The van der Waals surface area contributed by atoms with Gasteiger partial charge in [0.15, 0.2) is 0 Å². The van der Waals surface area contributed by atoms with E-state index >= 15 is 0 Å². The van der Waals surface area contributed by atoms with Crippen molar-refractivity contribution in [2.24, 2.45) is 5.73 Å². The van der Waals surface area contributed by atoms with Gasteiger partial charge in [-0.3, -0.25) is 14.7 Å². The first-order valence-corrected chi connectivity index (χ1v) is 10.4. The number of nitrogens with one attached hydrogen (secondary N) is 1. The first-order chi connectivity index (χ1) is 14.1. The van der Waals surface area contributed by atoms with Gasteiger partial charge in [0.1, 0.15) is 12.4 Å². The van der Waals surface area contributed by atoms with E-state index in [4.69, 9.17) is 10.5 Å². The van der Waals surface area contributed by atoms with Gasteiger partial charge in [0, 0.05) is 29.4 Å². The average Bonchev–Trinajstić information content (AvgIpc) is 3.44. The van der Waals surface area contributed by atoms with Gasteiger partial charge in [-0.1, -0.05) is 12.1 Å². The Hall–Kier alpha value is -3.13. The molecule has 8 heteroatoms. The fraction of sp³-hybridized carbons (Fsp3) is 0.286. The number of amides is 2. The third kappa shape index (κ3) is 4.32. The summed E-state index contributed by atoms with van der Waals surface area (Å²) in [4.78, 5) is 27.6. The SMILES string of the molecule is NC(=O)c1cn[nH]c1[C@H]1CCCN(C(=O)c2cccc(OCc3cccs3)c2)C1. The van der Waals surface area contributed by atoms with Crippen molar-refractivity contribution in [1.82, 2.24) is 15.1 Å². The summed E-state index contributed by atoms with van der Waals surface area (Å²) in [5.74, 6) is 0.127. The fourth-order valence-corrected chi connectivity index (χ4v) is 4.27. The minimum Gasteiger partial charge on any atom is -0.488 e. The summed E-state index contributed by atoms with van der Waals surface area (Å²) in [6, 6.07) is 11.3. The van der Waals surface area contributed by atoms with Crippen LogP contribution in [0.4, 0.5) is 0 Å². The number of thiophene rings is 1. The van der Waals surface area contributed by atoms with Gasteiger partial charge in [-0.05, 0) is 42.5 Å². The number of hydrogen-bond acceptors (Lipinski definition) is 5. The minimum absolute atomic E-state index is 0.0101. The third-order valence-electron chi connectivity index (χ3n) is 5.09. The molecule has 3 heterocycles. The number of H-pyrrole nitrogens is 1. The zero-order chi connectivity index (χ0) is 20.2. The normalized spacial score (nSPS) is 16.6. The van der Waals surface area contributed by atoms with Crippen LogP contribution in [0.1, 0.15) is 50.0 Å². The smallest absolute Gasteiger partial charge is 0.254 e. The average molecular weight is 410 g/mol. The lowest BCUT2D eigenvalue weighted by atomic mass is 9.92. The summed E-state index contributed by atoms with van der Waals surface area (Å²) >= 11 is 1.64. The topological polar surface area (TPSA) is 101 Å². The first kappa shape index (κ1) is 19.2. The van der Waals surface area contributed by atoms with Crippen LogP contribution in [-0.2, 0) is 6.61 Å². The second-order valence-corrected chi connectivity index (χ2v) is 8.08. The number of piperidine rings is 1. The lowest BCUT2D eigenvalue weighted by Crippen LogP contribution is -2.39. The molecule has 3 N–H and O–H groups in total. The molecule has 0 radical (unpaired) electrons. The third-order valence-corrected chi connectivity index (χ3v) is 5.94. The lowest BCUT2D eigenvalue weighted by molar-refractivity contribution is 0.0705. The number of primary amides is 1. The summed E-state index contributed by atoms with van der Waals surface area (Å²) in [6.07, 6.45) is 3.17. The Morgan fingerprint density at radius 3 is 3.00 bits per heavy atom. The minimum atomic E-state index is -0.507. The molecular weight excluding hydrogens is 388 g/mol. The number of carbonyl (C=O) groups is 2. The molecule has 1 aliphatic heterocycles. The van der Waals surface area contributed by atoms with Crippen molar-refractivity contribution >= 4 is 23.2 Å². The summed E-state index contributed by atoms with van der Waals surface area (Å²) in [5.41, 5.74) is 7.14. The maximum atomic E-state index is 13.1. The summed E-state index contributed by atoms with van der Waals surface area (Å²) in [7, 11) is 0. The van der Waals surface area contributed by atoms with E-state index in [1.807, 2.05) is 34.5 Å². The van der Waals surface area contributed by atoms with Crippen LogP contribution in [0.2, 0.25) is 0 Å². The van der Waals surface area contributed by atoms with Crippen molar-refractivity contribution in [3.8, 4) is 5.75 Å². The molecule has 0 unspecified atom stereocenters. The molecule has 0 bridgehead atoms. The molecular formula is C21H22N4O3S. The van der Waals surface area contributed by atoms with Crippen LogP contribution in [0, 0.1) is 0 Å². The summed E-state index contributed by atoms with van der Waals surface area (Å²) in [5, 5.41) is 8.85. The second kappa shape index (κ2) is 8.48. The van der Waals surface area contributed by atoms with Crippen LogP contribution >= 0.6 is 11.3 Å². The molecule has 2 amide bonds. The highest BCUT2D eigenvalue weighted by molar-refractivity contribution is 7.09. The number of ether oxygens (including phenoxy) is 1. The van der Waals surface area contributed by atoms with Crippen LogP contribution < -0.4 is 10.5 Å². The number of hydrogen-bond donors (Lipinski definition) is 2. The number of likely N-dealkylation sites (tertiary alicyclic amines) is 1. The van der Waals surface area contributed by atoms with Gasteiger partial charge in [-0.25, -0.2) is 0 Å². The van der Waals surface area contributed by atoms with Crippen molar-refractivity contribution < 1.29 is 14.3 Å². The highest BCUT2D eigenvalue weighted by Gasteiger charge is 2.29. The molecule has 3 aromatic rings. The Bertz CT molecular complexity index is 999. The maximum absolute atomic E-state index is 13.1. The zero-order valence-corrected chi connectivity index (χ0v) is 16.7. The summed E-state index contributed by atoms with van der Waals surface area (Å²) < 4.78 is 5.83. The van der Waals surface area contributed by atoms with Crippen LogP contribution in [0.3, 0.4) is 0 Å². The van der Waals surface area contributed by atoms with Crippen LogP contribution in [0.15, 0.2) is 48.0 Å². The Morgan fingerprint density at radius 2 is 2.21 bits per heavy atom. The molecule has 0 aliphatic carbocycles. The Morgan fingerprint density at radius 1 is 1.31 bits per heavy atom. The van der Waals surface area contributed by atoms with Gasteiger partial charge in [-0.2, -0.15) is 5.10 Å². The van der Waals surface area contributed by atoms with Gasteiger partial charge >= 0.3 is 0 Å². The number of rotatable bonds is 6. The lowest BCUT2D eigenvalue weighted by Gasteiger charge is -2.32. The van der Waals surface area contributed by atoms with E-state index in [2.05, 4.69) is 10.2 Å². The quantitative estimate of drug-likeness (QED) is 0.652. The van der Waals surface area contributed by atoms with Crippen LogP contribution in [0.25, 0.3) is 0 Å². The standard InChI is InChI=1S/C21H22N4O3S/c22-20(26)18-11-23-24-19(18)15-5-2-8-25(12-15)21(27)14-4-1-6-16(10-14)28-13-17-7-3-9-29-17/h1,3-4,6-7,9-11,15H,2,5,8,12-13H2,(H2,22,26)(H,23,24)/t15-/m0/s1. The molecule has 4 rings (SSSR count). The number of aromatic amines is 1. The Kier molecular flexibility index (Phi) is 5.62. The first-order valence-electron chi connectivity index (χ1n) is 9.49. The molecule has 1 atom stereocenters. The number of aromatic nitrogens is 2. The number of nitrogens with two attached hydrogens (primary N) is 1. The van der Waals surface area contributed by atoms with E-state index in [-0.39, 0.29) is 11.8 Å².